The number of hydrogen-bond acceptors (Lipinski definition) is 3. The fourth-order valence-electron chi connectivity index (χ4n) is 1.06. The monoisotopic (exact) mass is 180 g/mol. The van der Waals surface area contributed by atoms with Crippen molar-refractivity contribution >= 4 is 5.97 Å². The third kappa shape index (κ3) is 2.83. The maximum Gasteiger partial charge on any atom is 0.305 e. The van der Waals surface area contributed by atoms with Gasteiger partial charge in [-0.1, -0.05) is 0 Å². The largest absolute Gasteiger partial charge is 0.481 e. The highest BCUT2D eigenvalue weighted by molar-refractivity contribution is 5.67. The van der Waals surface area contributed by atoms with Crippen molar-refractivity contribution in [2.45, 2.75) is 19.4 Å². The first-order valence-electron chi connectivity index (χ1n) is 3.99. The van der Waals surface area contributed by atoms with E-state index in [9.17, 15) is 4.79 Å². The summed E-state index contributed by atoms with van der Waals surface area (Å²) >= 11 is 0. The van der Waals surface area contributed by atoms with Crippen LogP contribution in [0.3, 0.4) is 0 Å². The quantitative estimate of drug-likeness (QED) is 0.723. The Bertz CT molecular complexity index is 312. The zero-order chi connectivity index (χ0) is 9.84. The topological polar surface area (TPSA) is 76.2 Å². The number of aromatic nitrogens is 1. The van der Waals surface area contributed by atoms with Gasteiger partial charge in [0.2, 0.25) is 0 Å². The van der Waals surface area contributed by atoms with Gasteiger partial charge in [0.05, 0.1) is 18.2 Å². The SMILES string of the molecule is Cc1ccnc(C(N)CC(=O)O)c1. The lowest BCUT2D eigenvalue weighted by Gasteiger charge is -2.07. The Morgan fingerprint density at radius 1 is 1.77 bits per heavy atom. The number of carbonyl (C=O) groups is 1. The number of aliphatic carboxylic acids is 1. The maximum absolute atomic E-state index is 10.4. The van der Waals surface area contributed by atoms with Crippen LogP contribution in [-0.2, 0) is 4.79 Å². The van der Waals surface area contributed by atoms with Crippen LogP contribution in [-0.4, -0.2) is 16.1 Å². The zero-order valence-electron chi connectivity index (χ0n) is 7.40. The van der Waals surface area contributed by atoms with E-state index in [1.54, 1.807) is 12.3 Å². The summed E-state index contributed by atoms with van der Waals surface area (Å²) in [4.78, 5) is 14.4. The van der Waals surface area contributed by atoms with Gasteiger partial charge in [0.25, 0.3) is 0 Å². The summed E-state index contributed by atoms with van der Waals surface area (Å²) in [6, 6.07) is 3.13. The van der Waals surface area contributed by atoms with Gasteiger partial charge >= 0.3 is 5.97 Å². The molecule has 0 radical (unpaired) electrons. The summed E-state index contributed by atoms with van der Waals surface area (Å²) in [6.07, 6.45) is 1.54. The van der Waals surface area contributed by atoms with Gasteiger partial charge in [-0.05, 0) is 24.6 Å². The van der Waals surface area contributed by atoms with E-state index in [1.165, 1.54) is 0 Å². The molecule has 1 rings (SSSR count). The molecule has 0 amide bonds. The van der Waals surface area contributed by atoms with Crippen molar-refractivity contribution in [2.24, 2.45) is 5.73 Å². The van der Waals surface area contributed by atoms with Gasteiger partial charge in [-0.25, -0.2) is 0 Å². The number of carboxylic acids is 1. The van der Waals surface area contributed by atoms with Crippen molar-refractivity contribution in [3.05, 3.63) is 29.6 Å². The number of carboxylic acid groups (broad SMARTS) is 1. The lowest BCUT2D eigenvalue weighted by Crippen LogP contribution is -2.16. The van der Waals surface area contributed by atoms with E-state index in [0.717, 1.165) is 5.56 Å². The van der Waals surface area contributed by atoms with Gasteiger partial charge in [0.15, 0.2) is 0 Å². The van der Waals surface area contributed by atoms with Crippen molar-refractivity contribution in [3.63, 3.8) is 0 Å². The lowest BCUT2D eigenvalue weighted by molar-refractivity contribution is -0.137. The number of nitrogens with zero attached hydrogens (tertiary/aromatic N) is 1. The van der Waals surface area contributed by atoms with Gasteiger partial charge < -0.3 is 10.8 Å². The Morgan fingerprint density at radius 2 is 2.46 bits per heavy atom. The molecular weight excluding hydrogens is 168 g/mol. The molecule has 0 saturated heterocycles. The molecule has 0 saturated carbocycles. The first-order valence-corrected chi connectivity index (χ1v) is 3.99. The fourth-order valence-corrected chi connectivity index (χ4v) is 1.06. The van der Waals surface area contributed by atoms with Crippen molar-refractivity contribution in [2.75, 3.05) is 0 Å². The summed E-state index contributed by atoms with van der Waals surface area (Å²) in [5.74, 6) is -0.907. The molecule has 3 N–H and O–H groups in total. The molecule has 0 bridgehead atoms. The first-order chi connectivity index (χ1) is 6.09. The minimum Gasteiger partial charge on any atom is -0.481 e. The molecule has 4 heteroatoms. The molecule has 4 nitrogen and oxygen atoms in total. The standard InChI is InChI=1S/C9H12N2O2/c1-6-2-3-11-8(4-6)7(10)5-9(12)13/h2-4,7H,5,10H2,1H3,(H,12,13). The Hall–Kier alpha value is -1.42. The molecule has 0 spiro atoms. The van der Waals surface area contributed by atoms with E-state index in [4.69, 9.17) is 10.8 Å². The van der Waals surface area contributed by atoms with Crippen LogP contribution in [0, 0.1) is 6.92 Å². The van der Waals surface area contributed by atoms with E-state index in [1.807, 2.05) is 13.0 Å². The predicted octanol–water partition coefficient (Wildman–Crippen LogP) is 0.865. The molecule has 0 aliphatic rings. The Kier molecular flexibility index (Phi) is 2.97. The molecule has 0 fully saturated rings. The van der Waals surface area contributed by atoms with Gasteiger partial charge in [-0.15, -0.1) is 0 Å². The average molecular weight is 180 g/mol. The van der Waals surface area contributed by atoms with Gasteiger partial charge in [0, 0.05) is 6.20 Å². The number of nitrogens with two attached hydrogens (primary N) is 1. The minimum absolute atomic E-state index is 0.0869. The molecule has 1 aromatic rings. The Balaban J connectivity index is 2.76. The third-order valence-electron chi connectivity index (χ3n) is 1.71. The summed E-state index contributed by atoms with van der Waals surface area (Å²) in [6.45, 7) is 1.92. The number of pyridine rings is 1. The average Bonchev–Trinajstić information content (AvgIpc) is 2.03. The highest BCUT2D eigenvalue weighted by Gasteiger charge is 2.11. The summed E-state index contributed by atoms with van der Waals surface area (Å²) < 4.78 is 0. The molecule has 70 valence electrons. The van der Waals surface area contributed by atoms with E-state index < -0.39 is 12.0 Å². The third-order valence-corrected chi connectivity index (χ3v) is 1.71. The molecule has 1 unspecified atom stereocenters. The van der Waals surface area contributed by atoms with Crippen LogP contribution < -0.4 is 5.73 Å². The molecule has 13 heavy (non-hydrogen) atoms. The zero-order valence-corrected chi connectivity index (χ0v) is 7.40. The van der Waals surface area contributed by atoms with Gasteiger partial charge in [-0.2, -0.15) is 0 Å². The van der Waals surface area contributed by atoms with E-state index >= 15 is 0 Å². The Morgan fingerprint density at radius 3 is 3.00 bits per heavy atom. The smallest absolute Gasteiger partial charge is 0.305 e. The van der Waals surface area contributed by atoms with Crippen LogP contribution in [0.2, 0.25) is 0 Å². The first kappa shape index (κ1) is 9.67. The minimum atomic E-state index is -0.907. The van der Waals surface area contributed by atoms with E-state index in [0.29, 0.717) is 5.69 Å². The highest BCUT2D eigenvalue weighted by atomic mass is 16.4. The Labute approximate surface area is 76.4 Å². The second-order valence-corrected chi connectivity index (χ2v) is 2.96. The van der Waals surface area contributed by atoms with E-state index in [-0.39, 0.29) is 6.42 Å². The molecule has 0 aliphatic heterocycles. The van der Waals surface area contributed by atoms with Crippen molar-refractivity contribution in [1.29, 1.82) is 0 Å². The van der Waals surface area contributed by atoms with Crippen LogP contribution in [0.1, 0.15) is 23.7 Å². The molecule has 1 aromatic heterocycles. The maximum atomic E-state index is 10.4. The summed E-state index contributed by atoms with van der Waals surface area (Å²) in [7, 11) is 0. The van der Waals surface area contributed by atoms with Crippen LogP contribution in [0.15, 0.2) is 18.3 Å². The number of aryl methyl sites for hydroxylation is 1. The predicted molar refractivity (Wildman–Crippen MR) is 48.2 cm³/mol. The molecule has 0 aromatic carbocycles. The lowest BCUT2D eigenvalue weighted by atomic mass is 10.1. The number of hydrogen-bond donors (Lipinski definition) is 2. The van der Waals surface area contributed by atoms with Crippen molar-refractivity contribution in [1.82, 2.24) is 4.98 Å². The molecule has 1 atom stereocenters. The van der Waals surface area contributed by atoms with Crippen molar-refractivity contribution in [3.8, 4) is 0 Å². The van der Waals surface area contributed by atoms with Gasteiger partial charge in [0.1, 0.15) is 0 Å². The van der Waals surface area contributed by atoms with Crippen LogP contribution in [0.4, 0.5) is 0 Å². The van der Waals surface area contributed by atoms with Crippen LogP contribution in [0.25, 0.3) is 0 Å². The van der Waals surface area contributed by atoms with E-state index in [2.05, 4.69) is 4.98 Å². The normalized spacial score (nSPS) is 12.5. The second kappa shape index (κ2) is 4.00. The number of rotatable bonds is 3. The van der Waals surface area contributed by atoms with Gasteiger partial charge in [-0.3, -0.25) is 9.78 Å². The summed E-state index contributed by atoms with van der Waals surface area (Å²) in [5, 5.41) is 8.51. The highest BCUT2D eigenvalue weighted by Crippen LogP contribution is 2.11. The molecular formula is C9H12N2O2. The van der Waals surface area contributed by atoms with Crippen LogP contribution >= 0.6 is 0 Å². The molecule has 0 aliphatic carbocycles. The summed E-state index contributed by atoms with van der Waals surface area (Å²) in [5.41, 5.74) is 7.28. The second-order valence-electron chi connectivity index (χ2n) is 2.96. The fraction of sp³-hybridized carbons (Fsp3) is 0.333. The van der Waals surface area contributed by atoms with Crippen molar-refractivity contribution < 1.29 is 9.90 Å². The van der Waals surface area contributed by atoms with Crippen LogP contribution in [0.5, 0.6) is 0 Å². The molecule has 1 heterocycles.